The minimum Gasteiger partial charge on any atom is -0.388 e. The normalized spacial score (nSPS) is 48.0. The highest BCUT2D eigenvalue weighted by Crippen LogP contribution is 2.22. The molecule has 1 aliphatic heterocycles. The lowest BCUT2D eigenvalue weighted by molar-refractivity contribution is 0.0144. The van der Waals surface area contributed by atoms with Crippen LogP contribution >= 0.6 is 0 Å². The van der Waals surface area contributed by atoms with Crippen molar-refractivity contribution in [3.05, 3.63) is 0 Å². The Labute approximate surface area is 60.6 Å². The molecule has 1 saturated heterocycles. The van der Waals surface area contributed by atoms with Crippen molar-refractivity contribution in [2.45, 2.75) is 44.7 Å². The first-order chi connectivity index (χ1) is 4.66. The first-order valence-electron chi connectivity index (χ1n) is 3.68. The van der Waals surface area contributed by atoms with Crippen LogP contribution in [-0.4, -0.2) is 34.6 Å². The Balaban J connectivity index is 2.53. The van der Waals surface area contributed by atoms with Crippen LogP contribution in [0.4, 0.5) is 0 Å². The summed E-state index contributed by atoms with van der Waals surface area (Å²) in [6, 6.07) is 0. The van der Waals surface area contributed by atoms with E-state index in [1.165, 1.54) is 0 Å². The minimum absolute atomic E-state index is 0.176. The van der Waals surface area contributed by atoms with Gasteiger partial charge < -0.3 is 14.9 Å². The molecule has 0 saturated carbocycles. The van der Waals surface area contributed by atoms with E-state index in [4.69, 9.17) is 4.74 Å². The molecule has 1 fully saturated rings. The van der Waals surface area contributed by atoms with Gasteiger partial charge in [0.15, 0.2) is 0 Å². The smallest absolute Gasteiger partial charge is 0.108 e. The number of aliphatic hydroxyl groups is 2. The molecule has 60 valence electrons. The van der Waals surface area contributed by atoms with Crippen molar-refractivity contribution >= 4 is 0 Å². The molecule has 0 radical (unpaired) electrons. The Morgan fingerprint density at radius 2 is 1.90 bits per heavy atom. The average molecular weight is 146 g/mol. The van der Waals surface area contributed by atoms with Gasteiger partial charge in [0.1, 0.15) is 12.2 Å². The van der Waals surface area contributed by atoms with Crippen molar-refractivity contribution in [3.63, 3.8) is 0 Å². The van der Waals surface area contributed by atoms with Gasteiger partial charge in [0.2, 0.25) is 0 Å². The monoisotopic (exact) mass is 146 g/mol. The van der Waals surface area contributed by atoms with Crippen LogP contribution in [0.3, 0.4) is 0 Å². The predicted molar refractivity (Wildman–Crippen MR) is 36.6 cm³/mol. The van der Waals surface area contributed by atoms with Crippen molar-refractivity contribution in [2.75, 3.05) is 0 Å². The lowest BCUT2D eigenvalue weighted by Crippen LogP contribution is -2.31. The zero-order valence-electron chi connectivity index (χ0n) is 6.32. The molecule has 3 heteroatoms. The minimum atomic E-state index is -0.704. The van der Waals surface area contributed by atoms with Crippen molar-refractivity contribution in [3.8, 4) is 0 Å². The van der Waals surface area contributed by atoms with E-state index < -0.39 is 12.2 Å². The third-order valence-electron chi connectivity index (χ3n) is 2.00. The number of ether oxygens (including phenoxy) is 1. The molecule has 0 amide bonds. The van der Waals surface area contributed by atoms with E-state index in [0.29, 0.717) is 0 Å². The topological polar surface area (TPSA) is 49.7 Å². The second-order valence-corrected chi connectivity index (χ2v) is 2.77. The third kappa shape index (κ3) is 1.17. The molecule has 0 spiro atoms. The Morgan fingerprint density at radius 1 is 1.30 bits per heavy atom. The van der Waals surface area contributed by atoms with Crippen LogP contribution in [0.2, 0.25) is 0 Å². The maximum absolute atomic E-state index is 9.25. The molecule has 3 nitrogen and oxygen atoms in total. The fourth-order valence-corrected chi connectivity index (χ4v) is 1.27. The maximum atomic E-state index is 9.25. The number of hydrogen-bond donors (Lipinski definition) is 2. The zero-order valence-corrected chi connectivity index (χ0v) is 6.32. The van der Waals surface area contributed by atoms with Crippen LogP contribution < -0.4 is 0 Å². The van der Waals surface area contributed by atoms with E-state index in [9.17, 15) is 10.2 Å². The van der Waals surface area contributed by atoms with Crippen molar-refractivity contribution < 1.29 is 14.9 Å². The van der Waals surface area contributed by atoms with E-state index >= 15 is 0 Å². The highest BCUT2D eigenvalue weighted by atomic mass is 16.5. The van der Waals surface area contributed by atoms with Gasteiger partial charge >= 0.3 is 0 Å². The molecule has 0 aromatic rings. The summed E-state index contributed by atoms with van der Waals surface area (Å²) < 4.78 is 5.23. The number of hydrogen-bond acceptors (Lipinski definition) is 3. The summed E-state index contributed by atoms with van der Waals surface area (Å²) in [5.41, 5.74) is 0. The van der Waals surface area contributed by atoms with E-state index in [1.54, 1.807) is 6.92 Å². The predicted octanol–water partition coefficient (Wildman–Crippen LogP) is -0.0945. The van der Waals surface area contributed by atoms with Gasteiger partial charge in [-0.05, 0) is 13.3 Å². The Bertz CT molecular complexity index is 115. The molecular formula is C7H14O3. The first kappa shape index (κ1) is 7.98. The number of aliphatic hydroxyl groups excluding tert-OH is 2. The van der Waals surface area contributed by atoms with Crippen molar-refractivity contribution in [1.82, 2.24) is 0 Å². The molecule has 1 heterocycles. The molecule has 1 aliphatic rings. The molecule has 0 aromatic carbocycles. The Morgan fingerprint density at radius 3 is 2.10 bits per heavy atom. The fourth-order valence-electron chi connectivity index (χ4n) is 1.27. The molecule has 0 aliphatic carbocycles. The Kier molecular flexibility index (Phi) is 2.28. The van der Waals surface area contributed by atoms with Crippen LogP contribution in [-0.2, 0) is 4.74 Å². The SMILES string of the molecule is CCC1OC(C)[C@H](O)C1O. The first-order valence-corrected chi connectivity index (χ1v) is 3.68. The number of rotatable bonds is 1. The average Bonchev–Trinajstić information content (AvgIpc) is 2.17. The molecule has 10 heavy (non-hydrogen) atoms. The second-order valence-electron chi connectivity index (χ2n) is 2.77. The van der Waals surface area contributed by atoms with Crippen molar-refractivity contribution in [2.24, 2.45) is 0 Å². The Hall–Kier alpha value is -0.120. The lowest BCUT2D eigenvalue weighted by atomic mass is 10.1. The summed E-state index contributed by atoms with van der Waals surface area (Å²) in [4.78, 5) is 0. The van der Waals surface area contributed by atoms with Gasteiger partial charge in [-0.15, -0.1) is 0 Å². The largest absolute Gasteiger partial charge is 0.388 e. The van der Waals surface area contributed by atoms with Crippen molar-refractivity contribution in [1.29, 1.82) is 0 Å². The van der Waals surface area contributed by atoms with Gasteiger partial charge in [-0.2, -0.15) is 0 Å². The summed E-state index contributed by atoms with van der Waals surface area (Å²) in [6.45, 7) is 3.70. The summed E-state index contributed by atoms with van der Waals surface area (Å²) in [5, 5.41) is 18.4. The van der Waals surface area contributed by atoms with Gasteiger partial charge in [-0.1, -0.05) is 6.92 Å². The summed E-state index contributed by atoms with van der Waals surface area (Å²) in [7, 11) is 0. The maximum Gasteiger partial charge on any atom is 0.108 e. The van der Waals surface area contributed by atoms with E-state index in [1.807, 2.05) is 6.92 Å². The van der Waals surface area contributed by atoms with Crippen LogP contribution in [0, 0.1) is 0 Å². The molecule has 4 atom stereocenters. The molecular weight excluding hydrogens is 132 g/mol. The molecule has 1 rings (SSSR count). The second kappa shape index (κ2) is 2.86. The molecule has 0 bridgehead atoms. The van der Waals surface area contributed by atoms with Gasteiger partial charge in [0, 0.05) is 0 Å². The molecule has 0 aromatic heterocycles. The highest BCUT2D eigenvalue weighted by Gasteiger charge is 2.38. The van der Waals surface area contributed by atoms with E-state index in [2.05, 4.69) is 0 Å². The van der Waals surface area contributed by atoms with Crippen LogP contribution in [0.15, 0.2) is 0 Å². The summed E-state index contributed by atoms with van der Waals surface area (Å²) in [5.74, 6) is 0. The van der Waals surface area contributed by atoms with Gasteiger partial charge in [0.05, 0.1) is 12.2 Å². The van der Waals surface area contributed by atoms with E-state index in [-0.39, 0.29) is 12.2 Å². The summed E-state index contributed by atoms with van der Waals surface area (Å²) >= 11 is 0. The standard InChI is InChI=1S/C7H14O3/c1-3-5-7(9)6(8)4(2)10-5/h4-9H,3H2,1-2H3/t4?,5?,6-,7?/m0/s1. The molecule has 2 N–H and O–H groups in total. The van der Waals surface area contributed by atoms with Gasteiger partial charge in [-0.25, -0.2) is 0 Å². The van der Waals surface area contributed by atoms with Gasteiger partial charge in [0.25, 0.3) is 0 Å². The van der Waals surface area contributed by atoms with Crippen LogP contribution in [0.25, 0.3) is 0 Å². The lowest BCUT2D eigenvalue weighted by Gasteiger charge is -2.10. The fraction of sp³-hybridized carbons (Fsp3) is 1.00. The quantitative estimate of drug-likeness (QED) is 0.543. The van der Waals surface area contributed by atoms with E-state index in [0.717, 1.165) is 6.42 Å². The summed E-state index contributed by atoms with van der Waals surface area (Å²) in [6.07, 6.45) is -1.04. The molecule has 3 unspecified atom stereocenters. The zero-order chi connectivity index (χ0) is 7.72. The third-order valence-corrected chi connectivity index (χ3v) is 2.00. The van der Waals surface area contributed by atoms with Gasteiger partial charge in [-0.3, -0.25) is 0 Å². The highest BCUT2D eigenvalue weighted by molar-refractivity contribution is 4.87. The van der Waals surface area contributed by atoms with Crippen LogP contribution in [0.5, 0.6) is 0 Å². The van der Waals surface area contributed by atoms with Crippen LogP contribution in [0.1, 0.15) is 20.3 Å².